The van der Waals surface area contributed by atoms with E-state index in [9.17, 15) is 0 Å². The highest BCUT2D eigenvalue weighted by Gasteiger charge is 2.29. The average Bonchev–Trinajstić information content (AvgIpc) is 3.01. The van der Waals surface area contributed by atoms with Crippen LogP contribution in [0.2, 0.25) is 10.2 Å². The summed E-state index contributed by atoms with van der Waals surface area (Å²) in [6.07, 6.45) is 1.33. The van der Waals surface area contributed by atoms with E-state index in [2.05, 4.69) is 15.2 Å². The molecule has 0 bridgehead atoms. The fourth-order valence-corrected chi connectivity index (χ4v) is 3.21. The average molecular weight is 373 g/mol. The molecule has 8 heteroatoms. The second-order valence-corrected chi connectivity index (χ2v) is 6.65. The lowest BCUT2D eigenvalue weighted by molar-refractivity contribution is 0.295. The fourth-order valence-electron chi connectivity index (χ4n) is 2.84. The van der Waals surface area contributed by atoms with Crippen LogP contribution >= 0.6 is 23.2 Å². The Balaban J connectivity index is 2.06. The Kier molecular flexibility index (Phi) is 4.03. The van der Waals surface area contributed by atoms with Crippen molar-refractivity contribution in [2.45, 2.75) is 6.17 Å². The van der Waals surface area contributed by atoms with Crippen LogP contribution in [-0.2, 0) is 0 Å². The SMILES string of the molecule is CN(C)C1N=C(c2ccccc2Cl)c2nc(Cl)ccc2-n2cnnc21. The van der Waals surface area contributed by atoms with Crippen molar-refractivity contribution in [2.24, 2.45) is 4.99 Å². The van der Waals surface area contributed by atoms with Gasteiger partial charge in [-0.1, -0.05) is 41.4 Å². The van der Waals surface area contributed by atoms with Gasteiger partial charge in [-0.15, -0.1) is 10.2 Å². The summed E-state index contributed by atoms with van der Waals surface area (Å²) in [4.78, 5) is 11.4. The number of pyridine rings is 1. The summed E-state index contributed by atoms with van der Waals surface area (Å²) in [5, 5.41) is 9.29. The van der Waals surface area contributed by atoms with Crippen LogP contribution in [0.15, 0.2) is 47.7 Å². The fraction of sp³-hybridized carbons (Fsp3) is 0.176. The van der Waals surface area contributed by atoms with E-state index in [0.717, 1.165) is 11.3 Å². The summed E-state index contributed by atoms with van der Waals surface area (Å²) >= 11 is 12.6. The molecule has 126 valence electrons. The van der Waals surface area contributed by atoms with Crippen molar-refractivity contribution in [2.75, 3.05) is 14.1 Å². The molecular weight excluding hydrogens is 359 g/mol. The first kappa shape index (κ1) is 16.2. The van der Waals surface area contributed by atoms with Gasteiger partial charge in [0.2, 0.25) is 0 Å². The number of nitrogens with zero attached hydrogens (tertiary/aromatic N) is 6. The first-order valence-electron chi connectivity index (χ1n) is 7.62. The van der Waals surface area contributed by atoms with Crippen LogP contribution in [-0.4, -0.2) is 44.5 Å². The molecule has 0 amide bonds. The highest BCUT2D eigenvalue weighted by atomic mass is 35.5. The molecule has 3 aromatic rings. The maximum absolute atomic E-state index is 6.44. The molecule has 1 atom stereocenters. The predicted octanol–water partition coefficient (Wildman–Crippen LogP) is 3.38. The number of fused-ring (bicyclic) bond motifs is 3. The van der Waals surface area contributed by atoms with Crippen molar-refractivity contribution in [3.05, 3.63) is 70.0 Å². The maximum Gasteiger partial charge on any atom is 0.177 e. The van der Waals surface area contributed by atoms with Gasteiger partial charge in [0, 0.05) is 5.56 Å². The third-order valence-corrected chi connectivity index (χ3v) is 4.54. The van der Waals surface area contributed by atoms with E-state index in [1.807, 2.05) is 53.9 Å². The molecule has 1 aliphatic rings. The number of hydrogen-bond donors (Lipinski definition) is 0. The normalized spacial score (nSPS) is 16.2. The van der Waals surface area contributed by atoms with Gasteiger partial charge in [0.05, 0.1) is 16.4 Å². The zero-order valence-electron chi connectivity index (χ0n) is 13.6. The molecule has 0 aliphatic carbocycles. The van der Waals surface area contributed by atoms with Crippen LogP contribution in [0.25, 0.3) is 5.69 Å². The van der Waals surface area contributed by atoms with E-state index in [1.165, 1.54) is 0 Å². The molecule has 0 spiro atoms. The third kappa shape index (κ3) is 2.72. The molecule has 0 fully saturated rings. The lowest BCUT2D eigenvalue weighted by Gasteiger charge is -2.19. The number of benzene rings is 1. The standard InChI is InChI=1S/C17H14Cl2N6/c1-24(2)16-17-23-20-9-25(17)12-7-8-13(19)21-15(12)14(22-16)10-5-3-4-6-11(10)18/h3-9,16H,1-2H3. The highest BCUT2D eigenvalue weighted by Crippen LogP contribution is 2.32. The van der Waals surface area contributed by atoms with Crippen LogP contribution in [0.5, 0.6) is 0 Å². The minimum atomic E-state index is -0.332. The van der Waals surface area contributed by atoms with Crippen LogP contribution in [0.3, 0.4) is 0 Å². The molecular formula is C17H14Cl2N6. The summed E-state index contributed by atoms with van der Waals surface area (Å²) in [7, 11) is 3.88. The maximum atomic E-state index is 6.44. The minimum absolute atomic E-state index is 0.332. The van der Waals surface area contributed by atoms with Gasteiger partial charge in [0.1, 0.15) is 17.2 Å². The monoisotopic (exact) mass is 372 g/mol. The summed E-state index contributed by atoms with van der Waals surface area (Å²) in [6.45, 7) is 0. The van der Waals surface area contributed by atoms with Gasteiger partial charge in [-0.2, -0.15) is 0 Å². The van der Waals surface area contributed by atoms with Gasteiger partial charge in [-0.25, -0.2) is 4.98 Å². The predicted molar refractivity (Wildman–Crippen MR) is 97.7 cm³/mol. The largest absolute Gasteiger partial charge is 0.282 e. The highest BCUT2D eigenvalue weighted by molar-refractivity contribution is 6.35. The number of halogens is 2. The molecule has 3 heterocycles. The molecule has 4 rings (SSSR count). The van der Waals surface area contributed by atoms with Crippen molar-refractivity contribution < 1.29 is 0 Å². The van der Waals surface area contributed by atoms with E-state index >= 15 is 0 Å². The number of rotatable bonds is 2. The second kappa shape index (κ2) is 6.22. The molecule has 6 nitrogen and oxygen atoms in total. The second-order valence-electron chi connectivity index (χ2n) is 5.86. The lowest BCUT2D eigenvalue weighted by Crippen LogP contribution is -2.21. The number of aliphatic imine (C=N–C) groups is 1. The Labute approximate surface area is 154 Å². The van der Waals surface area contributed by atoms with Crippen molar-refractivity contribution in [3.63, 3.8) is 0 Å². The Morgan fingerprint density at radius 1 is 1.08 bits per heavy atom. The minimum Gasteiger partial charge on any atom is -0.282 e. The number of hydrogen-bond acceptors (Lipinski definition) is 5. The Morgan fingerprint density at radius 2 is 1.88 bits per heavy atom. The topological polar surface area (TPSA) is 59.2 Å². The van der Waals surface area contributed by atoms with E-state index < -0.39 is 0 Å². The molecule has 2 aromatic heterocycles. The molecule has 1 aromatic carbocycles. The lowest BCUT2D eigenvalue weighted by atomic mass is 10.1. The summed E-state index contributed by atoms with van der Waals surface area (Å²) < 4.78 is 1.89. The van der Waals surface area contributed by atoms with E-state index in [-0.39, 0.29) is 6.17 Å². The summed E-state index contributed by atoms with van der Waals surface area (Å²) in [6, 6.07) is 11.2. The first-order chi connectivity index (χ1) is 12.1. The Hall–Kier alpha value is -2.28. The van der Waals surface area contributed by atoms with Gasteiger partial charge in [-0.3, -0.25) is 14.5 Å². The Morgan fingerprint density at radius 3 is 2.64 bits per heavy atom. The number of aromatic nitrogens is 4. The quantitative estimate of drug-likeness (QED) is 0.647. The van der Waals surface area contributed by atoms with E-state index in [0.29, 0.717) is 27.4 Å². The van der Waals surface area contributed by atoms with Gasteiger partial charge in [0.15, 0.2) is 12.0 Å². The van der Waals surface area contributed by atoms with Gasteiger partial charge < -0.3 is 0 Å². The Bertz CT molecular complexity index is 979. The van der Waals surface area contributed by atoms with Crippen molar-refractivity contribution >= 4 is 28.9 Å². The zero-order chi connectivity index (χ0) is 17.6. The van der Waals surface area contributed by atoms with Crippen LogP contribution in [0.4, 0.5) is 0 Å². The molecule has 25 heavy (non-hydrogen) atoms. The van der Waals surface area contributed by atoms with Gasteiger partial charge in [-0.05, 0) is 32.3 Å². The molecule has 0 N–H and O–H groups in total. The summed E-state index contributed by atoms with van der Waals surface area (Å²) in [5.41, 5.74) is 2.93. The van der Waals surface area contributed by atoms with Crippen LogP contribution < -0.4 is 0 Å². The van der Waals surface area contributed by atoms with Gasteiger partial charge in [0.25, 0.3) is 0 Å². The molecule has 0 saturated heterocycles. The smallest absolute Gasteiger partial charge is 0.177 e. The first-order valence-corrected chi connectivity index (χ1v) is 8.38. The van der Waals surface area contributed by atoms with Gasteiger partial charge >= 0.3 is 0 Å². The molecule has 1 unspecified atom stereocenters. The van der Waals surface area contributed by atoms with E-state index in [1.54, 1.807) is 12.4 Å². The van der Waals surface area contributed by atoms with Crippen molar-refractivity contribution in [1.82, 2.24) is 24.6 Å². The molecule has 0 saturated carbocycles. The summed E-state index contributed by atoms with van der Waals surface area (Å²) in [5.74, 6) is 0.706. The third-order valence-electron chi connectivity index (χ3n) is 4.00. The van der Waals surface area contributed by atoms with Crippen molar-refractivity contribution in [3.8, 4) is 5.69 Å². The molecule has 1 aliphatic heterocycles. The van der Waals surface area contributed by atoms with Crippen LogP contribution in [0, 0.1) is 0 Å². The zero-order valence-corrected chi connectivity index (χ0v) is 15.1. The molecule has 0 radical (unpaired) electrons. The van der Waals surface area contributed by atoms with Crippen LogP contribution in [0.1, 0.15) is 23.2 Å². The van der Waals surface area contributed by atoms with Crippen molar-refractivity contribution in [1.29, 1.82) is 0 Å². The van der Waals surface area contributed by atoms with E-state index in [4.69, 9.17) is 28.2 Å².